The molecule has 0 radical (unpaired) electrons. The van der Waals surface area contributed by atoms with Gasteiger partial charge in [0.2, 0.25) is 5.95 Å². The first kappa shape index (κ1) is 17.0. The number of hydrogen-bond acceptors (Lipinski definition) is 6. The number of aromatic nitrogens is 1. The Balaban J connectivity index is 1.32. The summed E-state index contributed by atoms with van der Waals surface area (Å²) in [7, 11) is 2.08. The number of halogens is 1. The second kappa shape index (κ2) is 8.30. The number of piperazine rings is 1. The Morgan fingerprint density at radius 3 is 2.67 bits per heavy atom. The summed E-state index contributed by atoms with van der Waals surface area (Å²) in [6.45, 7) is 6.98. The van der Waals surface area contributed by atoms with E-state index in [1.807, 2.05) is 18.5 Å². The lowest BCUT2D eigenvalue weighted by Gasteiger charge is -2.35. The molecule has 2 aliphatic rings. The smallest absolute Gasteiger partial charge is 0.214 e. The monoisotopic (exact) mass is 334 g/mol. The fraction of sp³-hybridized carbons (Fsp3) is 0.588. The van der Waals surface area contributed by atoms with E-state index >= 15 is 0 Å². The van der Waals surface area contributed by atoms with Crippen LogP contribution in [0, 0.1) is 5.95 Å². The molecule has 0 bridgehead atoms. The third kappa shape index (κ3) is 4.82. The first-order valence-corrected chi connectivity index (χ1v) is 8.68. The summed E-state index contributed by atoms with van der Waals surface area (Å²) in [6.07, 6.45) is 6.40. The number of pyridine rings is 1. The van der Waals surface area contributed by atoms with E-state index in [1.54, 1.807) is 6.07 Å². The van der Waals surface area contributed by atoms with Crippen LogP contribution in [0.25, 0.3) is 0 Å². The number of nitrogens with zero attached hydrogens (tertiary/aromatic N) is 5. The van der Waals surface area contributed by atoms with E-state index in [1.165, 1.54) is 18.9 Å². The highest BCUT2D eigenvalue weighted by molar-refractivity contribution is 5.38. The molecule has 0 spiro atoms. The number of hydrogen-bond donors (Lipinski definition) is 1. The standard InChI is InChI=1S/C17H27FN6/c1-21-10-7-19-24(15-21)9-3-2-8-22-11-13-23(14-12-22)17-6-4-5-16(18)20-17/h4-7,10,19H,2-3,8-9,11-15H2,1H3. The van der Waals surface area contributed by atoms with Crippen molar-refractivity contribution in [3.8, 4) is 0 Å². The van der Waals surface area contributed by atoms with Crippen LogP contribution in [0.2, 0.25) is 0 Å². The van der Waals surface area contributed by atoms with E-state index in [4.69, 9.17) is 0 Å². The van der Waals surface area contributed by atoms with Gasteiger partial charge in [0, 0.05) is 52.2 Å². The van der Waals surface area contributed by atoms with Crippen LogP contribution in [-0.2, 0) is 0 Å². The van der Waals surface area contributed by atoms with Gasteiger partial charge in [0.25, 0.3) is 0 Å². The summed E-state index contributed by atoms with van der Waals surface area (Å²) >= 11 is 0. The number of hydrazine groups is 1. The zero-order valence-electron chi connectivity index (χ0n) is 14.4. The molecule has 24 heavy (non-hydrogen) atoms. The van der Waals surface area contributed by atoms with Gasteiger partial charge in [0.05, 0.1) is 6.67 Å². The molecule has 0 amide bonds. The molecule has 1 aromatic rings. The molecule has 0 aliphatic carbocycles. The number of rotatable bonds is 6. The molecule has 7 heteroatoms. The first-order chi connectivity index (χ1) is 11.7. The van der Waals surface area contributed by atoms with Gasteiger partial charge in [-0.3, -0.25) is 4.90 Å². The summed E-state index contributed by atoms with van der Waals surface area (Å²) in [6, 6.07) is 5.01. The third-order valence-electron chi connectivity index (χ3n) is 4.53. The Kier molecular flexibility index (Phi) is 5.87. The van der Waals surface area contributed by atoms with E-state index in [-0.39, 0.29) is 0 Å². The Hall–Kier alpha value is -1.86. The van der Waals surface area contributed by atoms with Gasteiger partial charge in [-0.25, -0.2) is 9.99 Å². The van der Waals surface area contributed by atoms with Crippen molar-refractivity contribution in [1.82, 2.24) is 25.2 Å². The molecular formula is C17H27FN6. The van der Waals surface area contributed by atoms with E-state index in [2.05, 4.69) is 37.2 Å². The van der Waals surface area contributed by atoms with Crippen molar-refractivity contribution in [1.29, 1.82) is 0 Å². The van der Waals surface area contributed by atoms with Crippen molar-refractivity contribution >= 4 is 5.82 Å². The fourth-order valence-electron chi connectivity index (χ4n) is 3.17. The number of unbranched alkanes of at least 4 members (excludes halogenated alkanes) is 1. The summed E-state index contributed by atoms with van der Waals surface area (Å²) in [5.74, 6) is 0.352. The quantitative estimate of drug-likeness (QED) is 0.624. The van der Waals surface area contributed by atoms with Crippen molar-refractivity contribution < 1.29 is 4.39 Å². The van der Waals surface area contributed by atoms with E-state index in [9.17, 15) is 4.39 Å². The molecule has 1 fully saturated rings. The molecule has 132 valence electrons. The van der Waals surface area contributed by atoms with Crippen LogP contribution in [-0.4, -0.2) is 72.8 Å². The molecule has 1 saturated heterocycles. The largest absolute Gasteiger partial charge is 0.365 e. The number of anilines is 1. The van der Waals surface area contributed by atoms with Crippen molar-refractivity contribution in [3.63, 3.8) is 0 Å². The molecule has 2 aliphatic heterocycles. The van der Waals surface area contributed by atoms with Crippen molar-refractivity contribution in [2.75, 3.05) is 57.9 Å². The zero-order valence-corrected chi connectivity index (χ0v) is 14.4. The summed E-state index contributed by atoms with van der Waals surface area (Å²) < 4.78 is 13.2. The van der Waals surface area contributed by atoms with Crippen LogP contribution >= 0.6 is 0 Å². The van der Waals surface area contributed by atoms with E-state index in [0.29, 0.717) is 0 Å². The first-order valence-electron chi connectivity index (χ1n) is 8.68. The molecule has 0 unspecified atom stereocenters. The highest BCUT2D eigenvalue weighted by Crippen LogP contribution is 2.14. The normalized spacial score (nSPS) is 19.6. The van der Waals surface area contributed by atoms with Gasteiger partial charge in [-0.1, -0.05) is 6.07 Å². The van der Waals surface area contributed by atoms with Gasteiger partial charge in [0.1, 0.15) is 5.82 Å². The second-order valence-corrected chi connectivity index (χ2v) is 6.46. The lowest BCUT2D eigenvalue weighted by molar-refractivity contribution is 0.127. The third-order valence-corrected chi connectivity index (χ3v) is 4.53. The van der Waals surface area contributed by atoms with E-state index in [0.717, 1.165) is 51.8 Å². The van der Waals surface area contributed by atoms with Crippen LogP contribution in [0.4, 0.5) is 10.2 Å². The Morgan fingerprint density at radius 1 is 1.12 bits per heavy atom. The van der Waals surface area contributed by atoms with Gasteiger partial charge in [-0.15, -0.1) is 0 Å². The highest BCUT2D eigenvalue weighted by atomic mass is 19.1. The number of nitrogens with one attached hydrogen (secondary N) is 1. The van der Waals surface area contributed by atoms with Crippen LogP contribution in [0.15, 0.2) is 30.6 Å². The molecule has 3 heterocycles. The SMILES string of the molecule is CN1C=CNN(CCCCN2CCN(c3cccc(F)n3)CC2)C1. The Morgan fingerprint density at radius 2 is 1.92 bits per heavy atom. The predicted octanol–water partition coefficient (Wildman–Crippen LogP) is 1.30. The topological polar surface area (TPSA) is 37.9 Å². The molecule has 0 atom stereocenters. The molecule has 0 aromatic carbocycles. The summed E-state index contributed by atoms with van der Waals surface area (Å²) in [4.78, 5) is 10.8. The average molecular weight is 334 g/mol. The summed E-state index contributed by atoms with van der Waals surface area (Å²) in [5.41, 5.74) is 3.27. The average Bonchev–Trinajstić information content (AvgIpc) is 2.59. The molecule has 1 aromatic heterocycles. The van der Waals surface area contributed by atoms with Gasteiger partial charge in [0.15, 0.2) is 0 Å². The van der Waals surface area contributed by atoms with Crippen molar-refractivity contribution in [3.05, 3.63) is 36.5 Å². The minimum Gasteiger partial charge on any atom is -0.365 e. The molecule has 0 saturated carbocycles. The maximum absolute atomic E-state index is 13.2. The molecule has 6 nitrogen and oxygen atoms in total. The van der Waals surface area contributed by atoms with Crippen LogP contribution in [0.1, 0.15) is 12.8 Å². The van der Waals surface area contributed by atoms with Crippen LogP contribution in [0.3, 0.4) is 0 Å². The Labute approximate surface area is 143 Å². The molecule has 3 rings (SSSR count). The van der Waals surface area contributed by atoms with Gasteiger partial charge < -0.3 is 15.2 Å². The van der Waals surface area contributed by atoms with Gasteiger partial charge in [-0.05, 0) is 31.5 Å². The highest BCUT2D eigenvalue weighted by Gasteiger charge is 2.18. The molecular weight excluding hydrogens is 307 g/mol. The van der Waals surface area contributed by atoms with Crippen molar-refractivity contribution in [2.45, 2.75) is 12.8 Å². The second-order valence-electron chi connectivity index (χ2n) is 6.46. The minimum absolute atomic E-state index is 0.401. The lowest BCUT2D eigenvalue weighted by atomic mass is 10.2. The Bertz CT molecular complexity index is 544. The zero-order chi connectivity index (χ0) is 16.8. The maximum atomic E-state index is 13.2. The van der Waals surface area contributed by atoms with Crippen molar-refractivity contribution in [2.24, 2.45) is 0 Å². The predicted molar refractivity (Wildman–Crippen MR) is 93.7 cm³/mol. The maximum Gasteiger partial charge on any atom is 0.214 e. The van der Waals surface area contributed by atoms with Crippen LogP contribution in [0.5, 0.6) is 0 Å². The molecule has 1 N–H and O–H groups in total. The van der Waals surface area contributed by atoms with E-state index < -0.39 is 5.95 Å². The van der Waals surface area contributed by atoms with Crippen LogP contribution < -0.4 is 10.3 Å². The fourth-order valence-corrected chi connectivity index (χ4v) is 3.17. The summed E-state index contributed by atoms with van der Waals surface area (Å²) in [5, 5.41) is 2.23. The lowest BCUT2D eigenvalue weighted by Crippen LogP contribution is -2.47. The minimum atomic E-state index is -0.401. The van der Waals surface area contributed by atoms with Gasteiger partial charge in [-0.2, -0.15) is 4.39 Å². The van der Waals surface area contributed by atoms with Gasteiger partial charge >= 0.3 is 0 Å².